The van der Waals surface area contributed by atoms with Crippen LogP contribution in [0.15, 0.2) is 36.4 Å². The number of hydrogen-bond acceptors (Lipinski definition) is 4. The lowest BCUT2D eigenvalue weighted by Crippen LogP contribution is -1.99. The van der Waals surface area contributed by atoms with Gasteiger partial charge in [0, 0.05) is 0 Å². The first-order chi connectivity index (χ1) is 9.00. The molecule has 0 aliphatic rings. The molecule has 0 aliphatic carbocycles. The normalized spacial score (nSPS) is 10.2. The topological polar surface area (TPSA) is 78.4 Å². The van der Waals surface area contributed by atoms with Crippen molar-refractivity contribution < 1.29 is 14.1 Å². The van der Waals surface area contributed by atoms with Gasteiger partial charge < -0.3 is 10.5 Å². The maximum Gasteiger partial charge on any atom is 0.334 e. The first kappa shape index (κ1) is 12.8. The molecule has 2 aromatic rings. The molecule has 0 saturated heterocycles. The number of hydrogen-bond donors (Lipinski definition) is 1. The Morgan fingerprint density at radius 2 is 1.84 bits per heavy atom. The molecule has 0 heterocycles. The van der Waals surface area contributed by atoms with E-state index in [1.165, 1.54) is 24.3 Å². The van der Waals surface area contributed by atoms with Crippen LogP contribution in [0.4, 0.5) is 15.8 Å². The zero-order valence-corrected chi connectivity index (χ0v) is 10.1. The molecule has 2 N–H and O–H groups in total. The summed E-state index contributed by atoms with van der Waals surface area (Å²) in [4.78, 5) is 10.3. The van der Waals surface area contributed by atoms with Crippen molar-refractivity contribution in [1.29, 1.82) is 0 Å². The number of anilines is 1. The zero-order valence-electron chi connectivity index (χ0n) is 10.1. The third-order valence-corrected chi connectivity index (χ3v) is 2.59. The van der Waals surface area contributed by atoms with Crippen LogP contribution in [0.5, 0.6) is 11.5 Å². The highest BCUT2D eigenvalue weighted by Crippen LogP contribution is 2.36. The third-order valence-electron chi connectivity index (χ3n) is 2.59. The summed E-state index contributed by atoms with van der Waals surface area (Å²) in [6.07, 6.45) is 0. The second-order valence-electron chi connectivity index (χ2n) is 3.94. The molecule has 0 saturated carbocycles. The second kappa shape index (κ2) is 4.93. The molecule has 19 heavy (non-hydrogen) atoms. The summed E-state index contributed by atoms with van der Waals surface area (Å²) in [7, 11) is 0. The summed E-state index contributed by atoms with van der Waals surface area (Å²) < 4.78 is 19.1. The molecular formula is C13H11FN2O3. The van der Waals surface area contributed by atoms with Gasteiger partial charge in [-0.05, 0) is 30.7 Å². The van der Waals surface area contributed by atoms with Crippen molar-refractivity contribution in [3.8, 4) is 11.5 Å². The Labute approximate surface area is 108 Å². The minimum Gasteiger partial charge on any atom is -0.447 e. The fourth-order valence-corrected chi connectivity index (χ4v) is 1.63. The average molecular weight is 262 g/mol. The molecule has 0 aromatic heterocycles. The smallest absolute Gasteiger partial charge is 0.334 e. The first-order valence-corrected chi connectivity index (χ1v) is 5.46. The number of para-hydroxylation sites is 1. The van der Waals surface area contributed by atoms with Crippen molar-refractivity contribution in [3.05, 3.63) is 57.9 Å². The van der Waals surface area contributed by atoms with Crippen LogP contribution in [-0.2, 0) is 0 Å². The largest absolute Gasteiger partial charge is 0.447 e. The van der Waals surface area contributed by atoms with E-state index in [0.29, 0.717) is 5.56 Å². The van der Waals surface area contributed by atoms with E-state index in [-0.39, 0.29) is 22.9 Å². The summed E-state index contributed by atoms with van der Waals surface area (Å²) in [5.74, 6) is -0.720. The van der Waals surface area contributed by atoms with Crippen LogP contribution in [0, 0.1) is 22.9 Å². The van der Waals surface area contributed by atoms with Crippen LogP contribution < -0.4 is 10.5 Å². The number of benzene rings is 2. The van der Waals surface area contributed by atoms with Crippen LogP contribution in [0.2, 0.25) is 0 Å². The number of halogens is 1. The Bertz CT molecular complexity index is 644. The van der Waals surface area contributed by atoms with Crippen LogP contribution in [0.1, 0.15) is 5.56 Å². The Morgan fingerprint density at radius 3 is 2.53 bits per heavy atom. The van der Waals surface area contributed by atoms with Gasteiger partial charge in [0.2, 0.25) is 5.75 Å². The van der Waals surface area contributed by atoms with Gasteiger partial charge in [-0.2, -0.15) is 0 Å². The highest BCUT2D eigenvalue weighted by Gasteiger charge is 2.20. The van der Waals surface area contributed by atoms with E-state index >= 15 is 0 Å². The van der Waals surface area contributed by atoms with Gasteiger partial charge in [-0.25, -0.2) is 4.39 Å². The highest BCUT2D eigenvalue weighted by atomic mass is 19.1. The lowest BCUT2D eigenvalue weighted by atomic mass is 10.2. The number of nitrogens with zero attached hydrogens (tertiary/aromatic N) is 1. The predicted octanol–water partition coefficient (Wildman–Crippen LogP) is 3.42. The molecule has 0 spiro atoms. The van der Waals surface area contributed by atoms with E-state index < -0.39 is 10.7 Å². The number of aryl methyl sites for hydroxylation is 1. The van der Waals surface area contributed by atoms with Gasteiger partial charge >= 0.3 is 5.69 Å². The monoisotopic (exact) mass is 262 g/mol. The van der Waals surface area contributed by atoms with Crippen LogP contribution >= 0.6 is 0 Å². The summed E-state index contributed by atoms with van der Waals surface area (Å²) >= 11 is 0. The molecule has 2 rings (SSSR count). The average Bonchev–Trinajstić information content (AvgIpc) is 2.34. The predicted molar refractivity (Wildman–Crippen MR) is 68.7 cm³/mol. The molecule has 0 aliphatic heterocycles. The minimum absolute atomic E-state index is 0.0319. The van der Waals surface area contributed by atoms with Crippen molar-refractivity contribution >= 4 is 11.4 Å². The minimum atomic E-state index is -0.654. The molecule has 0 bridgehead atoms. The third kappa shape index (κ3) is 2.47. The van der Waals surface area contributed by atoms with E-state index in [1.807, 2.05) is 0 Å². The van der Waals surface area contributed by atoms with Gasteiger partial charge in [-0.1, -0.05) is 18.2 Å². The molecule has 98 valence electrons. The van der Waals surface area contributed by atoms with Crippen molar-refractivity contribution in [2.75, 3.05) is 5.73 Å². The Balaban J connectivity index is 2.47. The summed E-state index contributed by atoms with van der Waals surface area (Å²) in [5.41, 5.74) is 5.52. The van der Waals surface area contributed by atoms with E-state index in [4.69, 9.17) is 10.5 Å². The molecule has 5 nitrogen and oxygen atoms in total. The molecule has 2 aromatic carbocycles. The van der Waals surface area contributed by atoms with Gasteiger partial charge in [0.1, 0.15) is 5.69 Å². The summed E-state index contributed by atoms with van der Waals surface area (Å²) in [5, 5.41) is 10.9. The van der Waals surface area contributed by atoms with Gasteiger partial charge in [0.25, 0.3) is 0 Å². The van der Waals surface area contributed by atoms with Crippen molar-refractivity contribution in [2.24, 2.45) is 0 Å². The van der Waals surface area contributed by atoms with Gasteiger partial charge in [0.05, 0.1) is 4.92 Å². The number of nitrogen functional groups attached to an aromatic ring is 1. The molecule has 0 unspecified atom stereocenters. The Hall–Kier alpha value is -2.63. The molecule has 0 atom stereocenters. The van der Waals surface area contributed by atoms with E-state index in [1.54, 1.807) is 19.1 Å². The quantitative estimate of drug-likeness (QED) is 0.522. The first-order valence-electron chi connectivity index (χ1n) is 5.46. The standard InChI is InChI=1S/C13H11FN2O3/c1-8-4-2-6-10(12(8)14)19-11-7-3-5-9(15)13(11)16(17)18/h2-7H,15H2,1H3. The van der Waals surface area contributed by atoms with E-state index in [2.05, 4.69) is 0 Å². The second-order valence-corrected chi connectivity index (χ2v) is 3.94. The summed E-state index contributed by atoms with van der Waals surface area (Å²) in [6.45, 7) is 1.58. The lowest BCUT2D eigenvalue weighted by molar-refractivity contribution is -0.384. The van der Waals surface area contributed by atoms with E-state index in [9.17, 15) is 14.5 Å². The number of nitrogens with two attached hydrogens (primary N) is 1. The van der Waals surface area contributed by atoms with Gasteiger partial charge in [-0.15, -0.1) is 0 Å². The number of nitro benzene ring substituents is 1. The number of nitro groups is 1. The van der Waals surface area contributed by atoms with Crippen LogP contribution in [0.25, 0.3) is 0 Å². The fraction of sp³-hybridized carbons (Fsp3) is 0.0769. The van der Waals surface area contributed by atoms with Gasteiger partial charge in [-0.3, -0.25) is 10.1 Å². The molecule has 0 radical (unpaired) electrons. The molecule has 6 heteroatoms. The van der Waals surface area contributed by atoms with Crippen molar-refractivity contribution in [2.45, 2.75) is 6.92 Å². The fourth-order valence-electron chi connectivity index (χ4n) is 1.63. The highest BCUT2D eigenvalue weighted by molar-refractivity contribution is 5.66. The van der Waals surface area contributed by atoms with Crippen LogP contribution in [-0.4, -0.2) is 4.92 Å². The molecule has 0 fully saturated rings. The number of rotatable bonds is 3. The Kier molecular flexibility index (Phi) is 3.33. The van der Waals surface area contributed by atoms with Crippen LogP contribution in [0.3, 0.4) is 0 Å². The van der Waals surface area contributed by atoms with Gasteiger partial charge in [0.15, 0.2) is 11.6 Å². The SMILES string of the molecule is Cc1cccc(Oc2cccc(N)c2[N+](=O)[O-])c1F. The maximum absolute atomic E-state index is 13.8. The lowest BCUT2D eigenvalue weighted by Gasteiger charge is -2.09. The van der Waals surface area contributed by atoms with E-state index in [0.717, 1.165) is 0 Å². The molecule has 0 amide bonds. The summed E-state index contributed by atoms with van der Waals surface area (Å²) in [6, 6.07) is 8.84. The van der Waals surface area contributed by atoms with Crippen molar-refractivity contribution in [1.82, 2.24) is 0 Å². The maximum atomic E-state index is 13.8. The number of ether oxygens (including phenoxy) is 1. The van der Waals surface area contributed by atoms with Crippen molar-refractivity contribution in [3.63, 3.8) is 0 Å². The zero-order chi connectivity index (χ0) is 14.0. The Morgan fingerprint density at radius 1 is 1.21 bits per heavy atom. The molecular weight excluding hydrogens is 251 g/mol.